The van der Waals surface area contributed by atoms with E-state index in [2.05, 4.69) is 11.4 Å². The van der Waals surface area contributed by atoms with Gasteiger partial charge in [-0.15, -0.1) is 0 Å². The van der Waals surface area contributed by atoms with Gasteiger partial charge in [0, 0.05) is 5.69 Å². The number of benzene rings is 3. The summed E-state index contributed by atoms with van der Waals surface area (Å²) in [4.78, 5) is 12.5. The summed E-state index contributed by atoms with van der Waals surface area (Å²) in [5.41, 5.74) is 3.17. The van der Waals surface area contributed by atoms with E-state index in [1.165, 1.54) is 19.3 Å². The van der Waals surface area contributed by atoms with Crippen LogP contribution in [-0.4, -0.2) is 13.0 Å². The van der Waals surface area contributed by atoms with Crippen LogP contribution in [0, 0.1) is 18.3 Å². The second-order valence-electron chi connectivity index (χ2n) is 6.94. The number of halogens is 2. The number of carbonyl (C=O) groups is 1. The van der Waals surface area contributed by atoms with Crippen molar-refractivity contribution in [3.05, 3.63) is 93.0 Å². The highest BCUT2D eigenvalue weighted by atomic mass is 35.5. The third-order valence-electron chi connectivity index (χ3n) is 4.52. The Kier molecular flexibility index (Phi) is 7.77. The van der Waals surface area contributed by atoms with Crippen molar-refractivity contribution in [1.82, 2.24) is 0 Å². The second-order valence-corrected chi connectivity index (χ2v) is 7.76. The molecule has 0 saturated carbocycles. The van der Waals surface area contributed by atoms with E-state index in [-0.39, 0.29) is 5.57 Å². The van der Waals surface area contributed by atoms with Crippen LogP contribution < -0.4 is 14.8 Å². The first kappa shape index (κ1) is 23.2. The number of methoxy groups -OCH3 is 1. The van der Waals surface area contributed by atoms with E-state index in [4.69, 9.17) is 32.7 Å². The Morgan fingerprint density at radius 3 is 2.56 bits per heavy atom. The third-order valence-corrected chi connectivity index (χ3v) is 5.26. The van der Waals surface area contributed by atoms with E-state index in [1.807, 2.05) is 31.2 Å². The highest BCUT2D eigenvalue weighted by Crippen LogP contribution is 2.30. The number of aryl methyl sites for hydroxylation is 1. The minimum absolute atomic E-state index is 0.0773. The van der Waals surface area contributed by atoms with Gasteiger partial charge in [0.1, 0.15) is 18.2 Å². The van der Waals surface area contributed by atoms with Crippen LogP contribution in [0.15, 0.2) is 66.2 Å². The van der Waals surface area contributed by atoms with Crippen molar-refractivity contribution in [2.24, 2.45) is 0 Å². The van der Waals surface area contributed by atoms with Gasteiger partial charge in [-0.25, -0.2) is 0 Å². The summed E-state index contributed by atoms with van der Waals surface area (Å²) in [7, 11) is 1.53. The van der Waals surface area contributed by atoms with Gasteiger partial charge >= 0.3 is 0 Å². The van der Waals surface area contributed by atoms with Crippen molar-refractivity contribution in [2.75, 3.05) is 12.4 Å². The number of nitrogens with one attached hydrogen (secondary N) is 1. The van der Waals surface area contributed by atoms with E-state index in [0.717, 1.165) is 11.1 Å². The van der Waals surface area contributed by atoms with Crippen LogP contribution in [-0.2, 0) is 11.4 Å². The average Bonchev–Trinajstić information content (AvgIpc) is 2.78. The van der Waals surface area contributed by atoms with E-state index in [0.29, 0.717) is 39.4 Å². The van der Waals surface area contributed by atoms with Crippen LogP contribution in [0.3, 0.4) is 0 Å². The van der Waals surface area contributed by atoms with Crippen molar-refractivity contribution in [3.63, 3.8) is 0 Å². The quantitative estimate of drug-likeness (QED) is 0.321. The molecule has 0 aliphatic rings. The molecule has 0 fully saturated rings. The van der Waals surface area contributed by atoms with Gasteiger partial charge in [0.2, 0.25) is 0 Å². The van der Waals surface area contributed by atoms with E-state index >= 15 is 0 Å². The smallest absolute Gasteiger partial charge is 0.266 e. The summed E-state index contributed by atoms with van der Waals surface area (Å²) in [6.07, 6.45) is 1.47. The normalized spacial score (nSPS) is 10.9. The molecule has 0 aliphatic heterocycles. The fourth-order valence-electron chi connectivity index (χ4n) is 2.94. The number of anilines is 1. The highest BCUT2D eigenvalue weighted by Gasteiger charge is 2.12. The SMILES string of the molecule is COc1cc(/C=C(\C#N)C(=O)Nc2ccc(Cl)c(Cl)c2)ccc1OCc1cccc(C)c1. The number of rotatable bonds is 7. The van der Waals surface area contributed by atoms with Crippen molar-refractivity contribution in [3.8, 4) is 17.6 Å². The molecule has 0 radical (unpaired) electrons. The molecule has 0 aliphatic carbocycles. The molecule has 0 atom stereocenters. The molecule has 3 aromatic rings. The summed E-state index contributed by atoms with van der Waals surface area (Å²) in [6, 6.07) is 19.8. The largest absolute Gasteiger partial charge is 0.493 e. The average molecular weight is 467 g/mol. The first-order chi connectivity index (χ1) is 15.4. The maximum absolute atomic E-state index is 12.5. The van der Waals surface area contributed by atoms with Crippen molar-refractivity contribution < 1.29 is 14.3 Å². The topological polar surface area (TPSA) is 71.3 Å². The molecule has 0 unspecified atom stereocenters. The van der Waals surface area contributed by atoms with E-state index in [1.54, 1.807) is 30.3 Å². The number of ether oxygens (including phenoxy) is 2. The zero-order valence-electron chi connectivity index (χ0n) is 17.5. The van der Waals surface area contributed by atoms with Crippen LogP contribution in [0.5, 0.6) is 11.5 Å². The zero-order chi connectivity index (χ0) is 23.1. The Morgan fingerprint density at radius 2 is 1.88 bits per heavy atom. The summed E-state index contributed by atoms with van der Waals surface area (Å²) in [5, 5.41) is 12.8. The van der Waals surface area contributed by atoms with Gasteiger partial charge in [-0.2, -0.15) is 5.26 Å². The Labute approximate surface area is 196 Å². The first-order valence-electron chi connectivity index (χ1n) is 9.64. The van der Waals surface area contributed by atoms with Gasteiger partial charge < -0.3 is 14.8 Å². The van der Waals surface area contributed by atoms with Crippen LogP contribution in [0.1, 0.15) is 16.7 Å². The molecular formula is C25H20Cl2N2O3. The monoisotopic (exact) mass is 466 g/mol. The van der Waals surface area contributed by atoms with E-state index in [9.17, 15) is 10.1 Å². The molecule has 0 bridgehead atoms. The van der Waals surface area contributed by atoms with Crippen LogP contribution in [0.4, 0.5) is 5.69 Å². The van der Waals surface area contributed by atoms with Crippen LogP contribution in [0.2, 0.25) is 10.0 Å². The predicted octanol–water partition coefficient (Wildman–Crippen LogP) is 6.44. The standard InChI is InChI=1S/C25H20Cl2N2O3/c1-16-4-3-5-18(10-16)15-32-23-9-6-17(12-24(23)31-2)11-19(14-28)25(30)29-20-7-8-21(26)22(27)13-20/h3-13H,15H2,1-2H3,(H,29,30)/b19-11+. The van der Waals surface area contributed by atoms with Gasteiger partial charge in [0.25, 0.3) is 5.91 Å². The van der Waals surface area contributed by atoms with Crippen molar-refractivity contribution in [1.29, 1.82) is 5.26 Å². The van der Waals surface area contributed by atoms with Gasteiger partial charge in [-0.1, -0.05) is 59.1 Å². The van der Waals surface area contributed by atoms with Gasteiger partial charge in [0.15, 0.2) is 11.5 Å². The Hall–Kier alpha value is -3.46. The Bertz CT molecular complexity index is 1220. The summed E-state index contributed by atoms with van der Waals surface area (Å²) < 4.78 is 11.3. The summed E-state index contributed by atoms with van der Waals surface area (Å²) in [6.45, 7) is 2.42. The summed E-state index contributed by atoms with van der Waals surface area (Å²) in [5.74, 6) is 0.489. The molecule has 5 nitrogen and oxygen atoms in total. The lowest BCUT2D eigenvalue weighted by molar-refractivity contribution is -0.112. The third kappa shape index (κ3) is 6.04. The van der Waals surface area contributed by atoms with Gasteiger partial charge in [-0.05, 0) is 54.5 Å². The van der Waals surface area contributed by atoms with Crippen LogP contribution in [0.25, 0.3) is 6.08 Å². The Morgan fingerprint density at radius 1 is 1.06 bits per heavy atom. The molecule has 0 aromatic heterocycles. The fourth-order valence-corrected chi connectivity index (χ4v) is 3.24. The number of amides is 1. The predicted molar refractivity (Wildman–Crippen MR) is 127 cm³/mol. The first-order valence-corrected chi connectivity index (χ1v) is 10.4. The molecule has 1 N–H and O–H groups in total. The van der Waals surface area contributed by atoms with Gasteiger partial charge in [0.05, 0.1) is 17.2 Å². The summed E-state index contributed by atoms with van der Waals surface area (Å²) >= 11 is 11.9. The molecule has 0 heterocycles. The number of hydrogen-bond donors (Lipinski definition) is 1. The maximum atomic E-state index is 12.5. The molecule has 0 spiro atoms. The molecule has 7 heteroatoms. The minimum atomic E-state index is -0.565. The van der Waals surface area contributed by atoms with Crippen LogP contribution >= 0.6 is 23.2 Å². The number of carbonyl (C=O) groups excluding carboxylic acids is 1. The van der Waals surface area contributed by atoms with Crippen molar-refractivity contribution >= 4 is 40.9 Å². The molecule has 162 valence electrons. The molecule has 3 rings (SSSR count). The second kappa shape index (κ2) is 10.7. The maximum Gasteiger partial charge on any atom is 0.266 e. The molecule has 32 heavy (non-hydrogen) atoms. The van der Waals surface area contributed by atoms with Crippen molar-refractivity contribution in [2.45, 2.75) is 13.5 Å². The number of nitriles is 1. The van der Waals surface area contributed by atoms with E-state index < -0.39 is 5.91 Å². The lowest BCUT2D eigenvalue weighted by Crippen LogP contribution is -2.13. The minimum Gasteiger partial charge on any atom is -0.493 e. The lowest BCUT2D eigenvalue weighted by Gasteiger charge is -2.12. The molecule has 0 saturated heterocycles. The highest BCUT2D eigenvalue weighted by molar-refractivity contribution is 6.42. The molecule has 3 aromatic carbocycles. The molecule has 1 amide bonds. The number of nitrogens with zero attached hydrogens (tertiary/aromatic N) is 1. The number of hydrogen-bond acceptors (Lipinski definition) is 4. The fraction of sp³-hybridized carbons (Fsp3) is 0.120. The molecular weight excluding hydrogens is 447 g/mol. The zero-order valence-corrected chi connectivity index (χ0v) is 19.0. The lowest BCUT2D eigenvalue weighted by atomic mass is 10.1. The Balaban J connectivity index is 1.76. The van der Waals surface area contributed by atoms with Gasteiger partial charge in [-0.3, -0.25) is 4.79 Å².